The number of carbonyl (C=O) groups excluding carboxylic acids is 2. The second kappa shape index (κ2) is 9.20. The number of nitrogens with two attached hydrogens (primary N) is 2. The van der Waals surface area contributed by atoms with Gasteiger partial charge in [0.05, 0.1) is 26.8 Å². The number of rotatable bonds is 5. The Hall–Kier alpha value is -2.47. The first kappa shape index (κ1) is 25.6. The molecule has 1 unspecified atom stereocenters. The van der Waals surface area contributed by atoms with Gasteiger partial charge in [-0.25, -0.2) is 18.4 Å². The van der Waals surface area contributed by atoms with Gasteiger partial charge in [-0.05, 0) is 71.1 Å². The number of esters is 1. The highest BCUT2D eigenvalue weighted by atomic mass is 79.9. The van der Waals surface area contributed by atoms with Crippen molar-refractivity contribution in [1.29, 1.82) is 0 Å². The van der Waals surface area contributed by atoms with Gasteiger partial charge in [-0.2, -0.15) is 0 Å². The summed E-state index contributed by atoms with van der Waals surface area (Å²) < 4.78 is 29.8. The summed E-state index contributed by atoms with van der Waals surface area (Å²) in [5.41, 5.74) is 8.25. The fraction of sp³-hybridized carbons (Fsp3) is 0.333. The summed E-state index contributed by atoms with van der Waals surface area (Å²) in [5, 5.41) is 5.26. The lowest BCUT2D eigenvalue weighted by atomic mass is 9.69. The Bertz CT molecular complexity index is 1370. The van der Waals surface area contributed by atoms with E-state index in [9.17, 15) is 18.0 Å². The molecule has 2 aromatic rings. The molecule has 2 heterocycles. The Morgan fingerprint density at radius 3 is 2.40 bits per heavy atom. The minimum atomic E-state index is -3.89. The average molecular weight is 581 g/mol. The SMILES string of the molecule is CCOC(=O)C1=C(N)N(c2ccc(S(N)(=O)=O)cc2)C2=C(C(=O)CC(C)(C)C2)C1c1ccc(Br)s1. The van der Waals surface area contributed by atoms with Gasteiger partial charge in [0, 0.05) is 28.3 Å². The molecule has 0 bridgehead atoms. The van der Waals surface area contributed by atoms with Crippen molar-refractivity contribution in [2.45, 2.75) is 44.4 Å². The molecule has 186 valence electrons. The number of hydrogen-bond acceptors (Lipinski definition) is 8. The summed E-state index contributed by atoms with van der Waals surface area (Å²) in [5.74, 6) is -1.18. The Balaban J connectivity index is 1.99. The number of thiophene rings is 1. The summed E-state index contributed by atoms with van der Waals surface area (Å²) in [4.78, 5) is 29.3. The minimum absolute atomic E-state index is 0.0537. The number of ether oxygens (including phenoxy) is 1. The third-order valence-electron chi connectivity index (χ3n) is 6.06. The summed E-state index contributed by atoms with van der Waals surface area (Å²) in [6.07, 6.45) is 0.855. The molecule has 4 N–H and O–H groups in total. The highest BCUT2D eigenvalue weighted by molar-refractivity contribution is 9.11. The van der Waals surface area contributed by atoms with Crippen molar-refractivity contribution >= 4 is 54.7 Å². The van der Waals surface area contributed by atoms with Crippen molar-refractivity contribution in [3.05, 3.63) is 67.7 Å². The molecule has 0 saturated carbocycles. The van der Waals surface area contributed by atoms with Crippen LogP contribution in [0, 0.1) is 5.41 Å². The second-order valence-electron chi connectivity index (χ2n) is 9.27. The van der Waals surface area contributed by atoms with Gasteiger partial charge in [-0.1, -0.05) is 13.8 Å². The number of nitrogens with zero attached hydrogens (tertiary/aromatic N) is 1. The van der Waals surface area contributed by atoms with Crippen LogP contribution in [0.3, 0.4) is 0 Å². The predicted octanol–water partition coefficient (Wildman–Crippen LogP) is 4.14. The van der Waals surface area contributed by atoms with Crippen molar-refractivity contribution in [2.24, 2.45) is 16.3 Å². The molecule has 1 atom stereocenters. The van der Waals surface area contributed by atoms with Gasteiger partial charge < -0.3 is 10.5 Å². The second-order valence-corrected chi connectivity index (χ2v) is 13.3. The first-order chi connectivity index (χ1) is 16.3. The van der Waals surface area contributed by atoms with Crippen LogP contribution in [-0.4, -0.2) is 26.8 Å². The van der Waals surface area contributed by atoms with Crippen LogP contribution >= 0.6 is 27.3 Å². The average Bonchev–Trinajstić information content (AvgIpc) is 3.17. The lowest BCUT2D eigenvalue weighted by Crippen LogP contribution is -2.43. The maximum atomic E-state index is 13.6. The van der Waals surface area contributed by atoms with E-state index in [1.54, 1.807) is 24.0 Å². The number of allylic oxidation sites excluding steroid dienone is 2. The molecule has 1 aromatic carbocycles. The summed E-state index contributed by atoms with van der Waals surface area (Å²) in [7, 11) is -3.89. The van der Waals surface area contributed by atoms with Crippen LogP contribution in [-0.2, 0) is 24.3 Å². The summed E-state index contributed by atoms with van der Waals surface area (Å²) in [6.45, 7) is 5.87. The fourth-order valence-electron chi connectivity index (χ4n) is 4.67. The van der Waals surface area contributed by atoms with Crippen molar-refractivity contribution in [1.82, 2.24) is 0 Å². The van der Waals surface area contributed by atoms with Crippen LogP contribution in [0.15, 0.2) is 67.7 Å². The lowest BCUT2D eigenvalue weighted by Gasteiger charge is -2.44. The van der Waals surface area contributed by atoms with Crippen molar-refractivity contribution in [3.8, 4) is 0 Å². The molecule has 8 nitrogen and oxygen atoms in total. The van der Waals surface area contributed by atoms with Gasteiger partial charge in [-0.15, -0.1) is 11.3 Å². The molecule has 1 aromatic heterocycles. The first-order valence-corrected chi connectivity index (χ1v) is 14.1. The van der Waals surface area contributed by atoms with E-state index in [1.165, 1.54) is 23.5 Å². The normalized spacial score (nSPS) is 20.2. The molecule has 1 aliphatic heterocycles. The number of Topliss-reactive ketones (excluding diaryl/α,β-unsaturated/α-hetero) is 1. The Kier molecular flexibility index (Phi) is 6.73. The first-order valence-electron chi connectivity index (χ1n) is 11.0. The molecular weight excluding hydrogens is 554 g/mol. The molecule has 0 radical (unpaired) electrons. The largest absolute Gasteiger partial charge is 0.463 e. The quantitative estimate of drug-likeness (QED) is 0.508. The van der Waals surface area contributed by atoms with E-state index in [-0.39, 0.29) is 34.1 Å². The van der Waals surface area contributed by atoms with Gasteiger partial charge in [0.1, 0.15) is 5.82 Å². The monoisotopic (exact) mass is 579 g/mol. The molecule has 2 aliphatic rings. The van der Waals surface area contributed by atoms with Crippen LogP contribution in [0.5, 0.6) is 0 Å². The van der Waals surface area contributed by atoms with E-state index >= 15 is 0 Å². The van der Waals surface area contributed by atoms with E-state index < -0.39 is 21.9 Å². The number of anilines is 1. The Labute approximate surface area is 216 Å². The highest BCUT2D eigenvalue weighted by Gasteiger charge is 2.47. The molecule has 4 rings (SSSR count). The standard InChI is InChI=1S/C24H26BrN3O5S2/c1-4-33-23(30)21-20(17-9-10-18(25)34-17)19-15(11-24(2,3)12-16(19)29)28(22(21)26)13-5-7-14(8-6-13)35(27,31)32/h5-10,20H,4,11-12,26H2,1-3H3,(H2,27,31,32). The zero-order chi connectivity index (χ0) is 25.7. The minimum Gasteiger partial charge on any atom is -0.463 e. The van der Waals surface area contributed by atoms with Crippen LogP contribution < -0.4 is 15.8 Å². The van der Waals surface area contributed by atoms with E-state index in [1.807, 2.05) is 26.0 Å². The number of halogens is 1. The highest BCUT2D eigenvalue weighted by Crippen LogP contribution is 2.51. The smallest absolute Gasteiger partial charge is 0.338 e. The number of hydrogen-bond donors (Lipinski definition) is 2. The van der Waals surface area contributed by atoms with E-state index in [0.29, 0.717) is 29.8 Å². The maximum Gasteiger partial charge on any atom is 0.338 e. The molecule has 0 spiro atoms. The topological polar surface area (TPSA) is 133 Å². The van der Waals surface area contributed by atoms with Crippen molar-refractivity contribution in [2.75, 3.05) is 11.5 Å². The summed E-state index contributed by atoms with van der Waals surface area (Å²) in [6, 6.07) is 9.62. The Morgan fingerprint density at radius 1 is 1.20 bits per heavy atom. The van der Waals surface area contributed by atoms with Gasteiger partial charge in [-0.3, -0.25) is 9.69 Å². The third kappa shape index (κ3) is 4.82. The molecule has 35 heavy (non-hydrogen) atoms. The number of ketones is 1. The van der Waals surface area contributed by atoms with E-state index in [4.69, 9.17) is 15.6 Å². The van der Waals surface area contributed by atoms with Crippen LogP contribution in [0.4, 0.5) is 5.69 Å². The van der Waals surface area contributed by atoms with Crippen LogP contribution in [0.2, 0.25) is 0 Å². The fourth-order valence-corrected chi connectivity index (χ4v) is 6.73. The van der Waals surface area contributed by atoms with E-state index in [0.717, 1.165) is 8.66 Å². The Morgan fingerprint density at radius 2 is 1.86 bits per heavy atom. The molecule has 0 fully saturated rings. The van der Waals surface area contributed by atoms with Gasteiger partial charge in [0.25, 0.3) is 0 Å². The third-order valence-corrected chi connectivity index (χ3v) is 8.68. The molecular formula is C24H26BrN3O5S2. The maximum absolute atomic E-state index is 13.6. The van der Waals surface area contributed by atoms with E-state index in [2.05, 4.69) is 15.9 Å². The number of benzene rings is 1. The van der Waals surface area contributed by atoms with Gasteiger partial charge in [0.15, 0.2) is 5.78 Å². The summed E-state index contributed by atoms with van der Waals surface area (Å²) >= 11 is 4.91. The number of sulfonamides is 1. The van der Waals surface area contributed by atoms with Gasteiger partial charge >= 0.3 is 5.97 Å². The van der Waals surface area contributed by atoms with Crippen molar-refractivity contribution in [3.63, 3.8) is 0 Å². The lowest BCUT2D eigenvalue weighted by molar-refractivity contribution is -0.138. The van der Waals surface area contributed by atoms with Gasteiger partial charge in [0.2, 0.25) is 10.0 Å². The predicted molar refractivity (Wildman–Crippen MR) is 138 cm³/mol. The molecule has 11 heteroatoms. The molecule has 0 saturated heterocycles. The number of carbonyl (C=O) groups is 2. The zero-order valence-electron chi connectivity index (χ0n) is 19.5. The van der Waals surface area contributed by atoms with Crippen LogP contribution in [0.1, 0.15) is 44.4 Å². The molecule has 1 aliphatic carbocycles. The zero-order valence-corrected chi connectivity index (χ0v) is 22.7. The molecule has 0 amide bonds. The van der Waals surface area contributed by atoms with Crippen LogP contribution in [0.25, 0.3) is 0 Å². The number of primary sulfonamides is 1. The van der Waals surface area contributed by atoms with Crippen molar-refractivity contribution < 1.29 is 22.7 Å².